The summed E-state index contributed by atoms with van der Waals surface area (Å²) in [6.07, 6.45) is 2.96. The molecule has 0 radical (unpaired) electrons. The molecule has 9 heteroatoms. The van der Waals surface area contributed by atoms with E-state index in [0.29, 0.717) is 13.0 Å². The van der Waals surface area contributed by atoms with E-state index in [9.17, 15) is 19.7 Å². The highest BCUT2D eigenvalue weighted by Gasteiger charge is 2.43. The number of carbonyl (C=O) groups is 2. The molecular weight excluding hydrogens is 266 g/mol. The van der Waals surface area contributed by atoms with Crippen molar-refractivity contribution in [3.8, 4) is 0 Å². The molecule has 0 unspecified atom stereocenters. The first-order chi connectivity index (χ1) is 9.31. The van der Waals surface area contributed by atoms with Gasteiger partial charge in [-0.25, -0.2) is 4.79 Å². The van der Waals surface area contributed by atoms with E-state index < -0.39 is 16.5 Å². The number of hydrogen-bond acceptors (Lipinski definition) is 5. The van der Waals surface area contributed by atoms with Crippen LogP contribution in [0.3, 0.4) is 0 Å². The highest BCUT2D eigenvalue weighted by atomic mass is 16.6. The van der Waals surface area contributed by atoms with Gasteiger partial charge >= 0.3 is 11.7 Å². The number of hydrogen-bond donors (Lipinski definition) is 1. The molecule has 1 saturated heterocycles. The number of rotatable bonds is 5. The topological polar surface area (TPSA) is 110 Å². The van der Waals surface area contributed by atoms with Crippen molar-refractivity contribution in [1.29, 1.82) is 0 Å². The van der Waals surface area contributed by atoms with Crippen molar-refractivity contribution in [2.24, 2.45) is 0 Å². The molecule has 0 spiro atoms. The second kappa shape index (κ2) is 4.91. The molecule has 0 atom stereocenters. The number of nitrogens with zero attached hydrogens (tertiary/aromatic N) is 4. The molecule has 0 aliphatic carbocycles. The van der Waals surface area contributed by atoms with Crippen LogP contribution in [0.15, 0.2) is 12.4 Å². The van der Waals surface area contributed by atoms with Gasteiger partial charge in [-0.3, -0.25) is 24.5 Å². The van der Waals surface area contributed by atoms with Gasteiger partial charge in [-0.05, 0) is 20.3 Å². The Labute approximate surface area is 114 Å². The lowest BCUT2D eigenvalue weighted by Gasteiger charge is -2.15. The third-order valence-corrected chi connectivity index (χ3v) is 3.04. The van der Waals surface area contributed by atoms with Crippen molar-refractivity contribution in [3.63, 3.8) is 0 Å². The number of amides is 3. The second-order valence-electron chi connectivity index (χ2n) is 5.08. The lowest BCUT2D eigenvalue weighted by atomic mass is 10.1. The fraction of sp³-hybridized carbons (Fsp3) is 0.545. The molecule has 0 saturated carbocycles. The van der Waals surface area contributed by atoms with Crippen LogP contribution in [0.4, 0.5) is 10.5 Å². The van der Waals surface area contributed by atoms with Gasteiger partial charge in [0.05, 0.1) is 4.92 Å². The third kappa shape index (κ3) is 2.60. The number of nitro groups is 1. The Morgan fingerprint density at radius 2 is 2.10 bits per heavy atom. The number of imide groups is 1. The molecule has 1 fully saturated rings. The molecule has 2 heterocycles. The van der Waals surface area contributed by atoms with Gasteiger partial charge in [0.2, 0.25) is 0 Å². The van der Waals surface area contributed by atoms with Crippen LogP contribution in [-0.4, -0.2) is 43.6 Å². The second-order valence-corrected chi connectivity index (χ2v) is 5.08. The molecule has 108 valence electrons. The number of aromatic nitrogens is 2. The summed E-state index contributed by atoms with van der Waals surface area (Å²) < 4.78 is 1.42. The molecule has 0 aromatic carbocycles. The predicted molar refractivity (Wildman–Crippen MR) is 67.8 cm³/mol. The van der Waals surface area contributed by atoms with Crippen molar-refractivity contribution in [1.82, 2.24) is 20.0 Å². The van der Waals surface area contributed by atoms with E-state index in [4.69, 9.17) is 0 Å². The summed E-state index contributed by atoms with van der Waals surface area (Å²) in [7, 11) is 0. The van der Waals surface area contributed by atoms with Gasteiger partial charge in [0.25, 0.3) is 5.91 Å². The van der Waals surface area contributed by atoms with Gasteiger partial charge in [-0.2, -0.15) is 5.10 Å². The van der Waals surface area contributed by atoms with Crippen LogP contribution in [0.2, 0.25) is 0 Å². The van der Waals surface area contributed by atoms with Crippen LogP contribution in [-0.2, 0) is 11.3 Å². The normalized spacial score (nSPS) is 17.4. The maximum Gasteiger partial charge on any atom is 0.325 e. The monoisotopic (exact) mass is 281 g/mol. The van der Waals surface area contributed by atoms with Gasteiger partial charge in [-0.15, -0.1) is 0 Å². The van der Waals surface area contributed by atoms with Gasteiger partial charge < -0.3 is 5.32 Å². The molecule has 1 aromatic heterocycles. The molecule has 1 N–H and O–H groups in total. The van der Waals surface area contributed by atoms with E-state index in [2.05, 4.69) is 10.4 Å². The molecule has 20 heavy (non-hydrogen) atoms. The first kappa shape index (κ1) is 14.0. The minimum absolute atomic E-state index is 0.0823. The number of urea groups is 1. The third-order valence-electron chi connectivity index (χ3n) is 3.04. The molecular formula is C11H15N5O4. The summed E-state index contributed by atoms with van der Waals surface area (Å²) >= 11 is 0. The largest absolute Gasteiger partial charge is 0.325 e. The van der Waals surface area contributed by atoms with Gasteiger partial charge in [0.15, 0.2) is 0 Å². The Bertz CT molecular complexity index is 565. The smallest absolute Gasteiger partial charge is 0.324 e. The molecule has 1 aliphatic heterocycles. The summed E-state index contributed by atoms with van der Waals surface area (Å²) in [5.74, 6) is -0.269. The van der Waals surface area contributed by atoms with E-state index >= 15 is 0 Å². The fourth-order valence-electron chi connectivity index (χ4n) is 1.98. The van der Waals surface area contributed by atoms with Crippen molar-refractivity contribution in [2.75, 3.05) is 6.54 Å². The Hall–Kier alpha value is -2.45. The molecule has 1 aliphatic rings. The zero-order valence-corrected chi connectivity index (χ0v) is 11.2. The quantitative estimate of drug-likeness (QED) is 0.480. The van der Waals surface area contributed by atoms with Gasteiger partial charge in [0.1, 0.15) is 17.9 Å². The van der Waals surface area contributed by atoms with Gasteiger partial charge in [-0.1, -0.05) is 0 Å². The first-order valence-corrected chi connectivity index (χ1v) is 6.12. The van der Waals surface area contributed by atoms with Crippen molar-refractivity contribution in [2.45, 2.75) is 32.4 Å². The molecule has 0 bridgehead atoms. The maximum absolute atomic E-state index is 11.9. The predicted octanol–water partition coefficient (Wildman–Crippen LogP) is 0.512. The Balaban J connectivity index is 1.88. The molecule has 3 amide bonds. The average molecular weight is 281 g/mol. The van der Waals surface area contributed by atoms with Crippen molar-refractivity contribution >= 4 is 17.6 Å². The standard InChI is InChI=1S/C11H15N5O4/c1-11(2)9(17)15(10(18)13-11)5-3-4-14-7-8(6-12-14)16(19)20/h6-7H,3-5H2,1-2H3,(H,13,18). The molecule has 9 nitrogen and oxygen atoms in total. The zero-order valence-electron chi connectivity index (χ0n) is 11.2. The van der Waals surface area contributed by atoms with Crippen LogP contribution < -0.4 is 5.32 Å². The fourth-order valence-corrected chi connectivity index (χ4v) is 1.98. The van der Waals surface area contributed by atoms with E-state index in [1.807, 2.05) is 0 Å². The van der Waals surface area contributed by atoms with Crippen LogP contribution >= 0.6 is 0 Å². The Kier molecular flexibility index (Phi) is 3.43. The van der Waals surface area contributed by atoms with Crippen LogP contribution in [0, 0.1) is 10.1 Å². The highest BCUT2D eigenvalue weighted by Crippen LogP contribution is 2.17. The number of nitrogens with one attached hydrogen (secondary N) is 1. The summed E-state index contributed by atoms with van der Waals surface area (Å²) in [6.45, 7) is 3.93. The summed E-state index contributed by atoms with van der Waals surface area (Å²) in [6, 6.07) is -0.411. The summed E-state index contributed by atoms with van der Waals surface area (Å²) in [5, 5.41) is 16.9. The van der Waals surface area contributed by atoms with Crippen molar-refractivity contribution < 1.29 is 14.5 Å². The first-order valence-electron chi connectivity index (χ1n) is 6.12. The summed E-state index contributed by atoms with van der Waals surface area (Å²) in [4.78, 5) is 34.6. The van der Waals surface area contributed by atoms with Crippen LogP contribution in [0.5, 0.6) is 0 Å². The van der Waals surface area contributed by atoms with Crippen LogP contribution in [0.25, 0.3) is 0 Å². The van der Waals surface area contributed by atoms with E-state index in [1.165, 1.54) is 10.9 Å². The lowest BCUT2D eigenvalue weighted by molar-refractivity contribution is -0.385. The Morgan fingerprint density at radius 1 is 1.40 bits per heavy atom. The highest BCUT2D eigenvalue weighted by molar-refractivity contribution is 6.06. The van der Waals surface area contributed by atoms with E-state index in [-0.39, 0.29) is 18.1 Å². The lowest BCUT2D eigenvalue weighted by Crippen LogP contribution is -2.40. The van der Waals surface area contributed by atoms with Gasteiger partial charge in [0, 0.05) is 13.1 Å². The maximum atomic E-state index is 11.9. The SMILES string of the molecule is CC1(C)NC(=O)N(CCCn2cc([N+](=O)[O-])cn2)C1=O. The average Bonchev–Trinajstić information content (AvgIpc) is 2.88. The molecule has 2 rings (SSSR count). The Morgan fingerprint density at radius 3 is 2.60 bits per heavy atom. The summed E-state index contributed by atoms with van der Waals surface area (Å²) in [5.41, 5.74) is -0.956. The van der Waals surface area contributed by atoms with E-state index in [0.717, 1.165) is 11.1 Å². The minimum Gasteiger partial charge on any atom is -0.324 e. The zero-order chi connectivity index (χ0) is 14.9. The number of aryl methyl sites for hydroxylation is 1. The molecule has 1 aromatic rings. The van der Waals surface area contributed by atoms with E-state index in [1.54, 1.807) is 13.8 Å². The minimum atomic E-state index is -0.873. The van der Waals surface area contributed by atoms with Crippen molar-refractivity contribution in [3.05, 3.63) is 22.5 Å². The van der Waals surface area contributed by atoms with Crippen LogP contribution in [0.1, 0.15) is 20.3 Å². The number of carbonyl (C=O) groups excluding carboxylic acids is 2.